The lowest BCUT2D eigenvalue weighted by Gasteiger charge is -2.08. The number of aryl methyl sites for hydroxylation is 1. The molecule has 0 saturated carbocycles. The number of carbonyl (C=O) groups is 1. The Balaban J connectivity index is 1.43. The van der Waals surface area contributed by atoms with Crippen molar-refractivity contribution in [2.45, 2.75) is 13.3 Å². The zero-order valence-corrected chi connectivity index (χ0v) is 16.5. The Morgan fingerprint density at radius 3 is 2.87 bits per heavy atom. The number of hydrogen-bond acceptors (Lipinski definition) is 6. The molecule has 0 radical (unpaired) electrons. The molecule has 1 aromatic carbocycles. The molecule has 154 valence electrons. The summed E-state index contributed by atoms with van der Waals surface area (Å²) in [6, 6.07) is 13.5. The first-order chi connectivity index (χ1) is 15.1. The number of rotatable bonds is 5. The van der Waals surface area contributed by atoms with Gasteiger partial charge in [0.1, 0.15) is 11.6 Å². The smallest absolute Gasteiger partial charge is 0.259 e. The van der Waals surface area contributed by atoms with Crippen LogP contribution in [0, 0.1) is 12.7 Å². The van der Waals surface area contributed by atoms with Crippen LogP contribution in [0.25, 0.3) is 28.0 Å². The molecule has 0 bridgehead atoms. The van der Waals surface area contributed by atoms with Crippen LogP contribution in [-0.4, -0.2) is 37.2 Å². The minimum atomic E-state index is -0.435. The third-order valence-corrected chi connectivity index (χ3v) is 5.03. The molecule has 8 nitrogen and oxygen atoms in total. The molecule has 0 aliphatic rings. The SMILES string of the molecule is Cc1noc2nc(-c3ccccc3F)cc(C(=O)NCCc3nnc4ccccn34)c12. The summed E-state index contributed by atoms with van der Waals surface area (Å²) in [6.07, 6.45) is 2.37. The van der Waals surface area contributed by atoms with Crippen molar-refractivity contribution in [3.63, 3.8) is 0 Å². The fraction of sp³-hybridized carbons (Fsp3) is 0.136. The molecule has 0 spiro atoms. The third-order valence-electron chi connectivity index (χ3n) is 5.03. The highest BCUT2D eigenvalue weighted by Gasteiger charge is 2.20. The van der Waals surface area contributed by atoms with Gasteiger partial charge in [0, 0.05) is 24.7 Å². The first-order valence-electron chi connectivity index (χ1n) is 9.70. The fourth-order valence-corrected chi connectivity index (χ4v) is 3.53. The normalized spacial score (nSPS) is 11.3. The van der Waals surface area contributed by atoms with Gasteiger partial charge in [-0.1, -0.05) is 23.4 Å². The molecule has 0 aliphatic heterocycles. The largest absolute Gasteiger partial charge is 0.352 e. The molecule has 31 heavy (non-hydrogen) atoms. The van der Waals surface area contributed by atoms with E-state index in [9.17, 15) is 9.18 Å². The molecule has 5 rings (SSSR count). The summed E-state index contributed by atoms with van der Waals surface area (Å²) >= 11 is 0. The van der Waals surface area contributed by atoms with Gasteiger partial charge < -0.3 is 9.84 Å². The van der Waals surface area contributed by atoms with E-state index < -0.39 is 5.82 Å². The summed E-state index contributed by atoms with van der Waals surface area (Å²) in [6.45, 7) is 2.08. The van der Waals surface area contributed by atoms with Gasteiger partial charge in [0.2, 0.25) is 0 Å². The van der Waals surface area contributed by atoms with Crippen molar-refractivity contribution >= 4 is 22.7 Å². The number of benzene rings is 1. The van der Waals surface area contributed by atoms with Gasteiger partial charge in [0.15, 0.2) is 5.65 Å². The van der Waals surface area contributed by atoms with Gasteiger partial charge in [0.05, 0.1) is 22.3 Å². The van der Waals surface area contributed by atoms with Crippen molar-refractivity contribution in [1.82, 2.24) is 30.1 Å². The van der Waals surface area contributed by atoms with E-state index in [1.807, 2.05) is 28.8 Å². The van der Waals surface area contributed by atoms with Crippen LogP contribution in [-0.2, 0) is 6.42 Å². The van der Waals surface area contributed by atoms with Gasteiger partial charge in [0.25, 0.3) is 11.6 Å². The number of nitrogens with zero attached hydrogens (tertiary/aromatic N) is 5. The zero-order valence-electron chi connectivity index (χ0n) is 16.5. The number of pyridine rings is 2. The van der Waals surface area contributed by atoms with E-state index >= 15 is 0 Å². The zero-order chi connectivity index (χ0) is 21.4. The number of nitrogens with one attached hydrogen (secondary N) is 1. The van der Waals surface area contributed by atoms with Crippen LogP contribution in [0.15, 0.2) is 59.3 Å². The average Bonchev–Trinajstić information content (AvgIpc) is 3.37. The second-order valence-electron chi connectivity index (χ2n) is 7.03. The van der Waals surface area contributed by atoms with Crippen molar-refractivity contribution in [3.8, 4) is 11.3 Å². The highest BCUT2D eigenvalue weighted by Crippen LogP contribution is 2.28. The number of amides is 1. The lowest BCUT2D eigenvalue weighted by Crippen LogP contribution is -2.26. The minimum Gasteiger partial charge on any atom is -0.352 e. The Morgan fingerprint density at radius 2 is 2.00 bits per heavy atom. The lowest BCUT2D eigenvalue weighted by atomic mass is 10.0. The van der Waals surface area contributed by atoms with Gasteiger partial charge in [-0.2, -0.15) is 0 Å². The van der Waals surface area contributed by atoms with E-state index in [4.69, 9.17) is 4.52 Å². The number of fused-ring (bicyclic) bond motifs is 2. The molecule has 4 aromatic heterocycles. The molecular weight excluding hydrogens is 399 g/mol. The number of carbonyl (C=O) groups excluding carboxylic acids is 1. The fourth-order valence-electron chi connectivity index (χ4n) is 3.53. The maximum atomic E-state index is 14.3. The summed E-state index contributed by atoms with van der Waals surface area (Å²) < 4.78 is 21.4. The number of aromatic nitrogens is 5. The monoisotopic (exact) mass is 416 g/mol. The Morgan fingerprint density at radius 1 is 1.16 bits per heavy atom. The molecule has 0 unspecified atom stereocenters. The van der Waals surface area contributed by atoms with Crippen LogP contribution in [0.4, 0.5) is 4.39 Å². The highest BCUT2D eigenvalue weighted by atomic mass is 19.1. The van der Waals surface area contributed by atoms with Gasteiger partial charge in [-0.25, -0.2) is 9.37 Å². The average molecular weight is 416 g/mol. The lowest BCUT2D eigenvalue weighted by molar-refractivity contribution is 0.0955. The minimum absolute atomic E-state index is 0.187. The predicted molar refractivity (Wildman–Crippen MR) is 111 cm³/mol. The van der Waals surface area contributed by atoms with Gasteiger partial charge >= 0.3 is 0 Å². The van der Waals surface area contributed by atoms with Crippen molar-refractivity contribution in [2.75, 3.05) is 6.54 Å². The maximum absolute atomic E-state index is 14.3. The molecular formula is C22H17FN6O2. The van der Waals surface area contributed by atoms with E-state index in [1.165, 1.54) is 6.07 Å². The van der Waals surface area contributed by atoms with E-state index in [-0.39, 0.29) is 17.2 Å². The number of hydrogen-bond donors (Lipinski definition) is 1. The van der Waals surface area contributed by atoms with Crippen LogP contribution in [0.2, 0.25) is 0 Å². The van der Waals surface area contributed by atoms with Crippen LogP contribution < -0.4 is 5.32 Å². The first-order valence-corrected chi connectivity index (χ1v) is 9.70. The Hall–Kier alpha value is -4.14. The molecule has 5 aromatic rings. The molecule has 1 amide bonds. The van der Waals surface area contributed by atoms with Crippen molar-refractivity contribution < 1.29 is 13.7 Å². The highest BCUT2D eigenvalue weighted by molar-refractivity contribution is 6.07. The Bertz CT molecular complexity index is 1420. The summed E-state index contributed by atoms with van der Waals surface area (Å²) in [7, 11) is 0. The Kier molecular flexibility index (Phi) is 4.62. The van der Waals surface area contributed by atoms with Gasteiger partial charge in [-0.05, 0) is 37.3 Å². The second kappa shape index (κ2) is 7.60. The summed E-state index contributed by atoms with van der Waals surface area (Å²) in [4.78, 5) is 17.4. The molecule has 9 heteroatoms. The van der Waals surface area contributed by atoms with Crippen LogP contribution in [0.3, 0.4) is 0 Å². The molecule has 0 atom stereocenters. The third kappa shape index (κ3) is 3.39. The van der Waals surface area contributed by atoms with Crippen LogP contribution >= 0.6 is 0 Å². The summed E-state index contributed by atoms with van der Waals surface area (Å²) in [5, 5.41) is 15.6. The van der Waals surface area contributed by atoms with Crippen molar-refractivity contribution in [1.29, 1.82) is 0 Å². The second-order valence-corrected chi connectivity index (χ2v) is 7.03. The van der Waals surface area contributed by atoms with Gasteiger partial charge in [-0.3, -0.25) is 9.20 Å². The predicted octanol–water partition coefficient (Wildman–Crippen LogP) is 3.35. The van der Waals surface area contributed by atoms with E-state index in [0.717, 1.165) is 11.5 Å². The topological polar surface area (TPSA) is 98.2 Å². The summed E-state index contributed by atoms with van der Waals surface area (Å²) in [5.74, 6) is -0.0234. The van der Waals surface area contributed by atoms with E-state index in [1.54, 1.807) is 31.2 Å². The molecule has 0 saturated heterocycles. The molecule has 0 fully saturated rings. The summed E-state index contributed by atoms with van der Waals surface area (Å²) in [5.41, 5.74) is 2.38. The molecule has 4 heterocycles. The van der Waals surface area contributed by atoms with Crippen LogP contribution in [0.1, 0.15) is 21.9 Å². The first kappa shape index (κ1) is 18.9. The van der Waals surface area contributed by atoms with E-state index in [0.29, 0.717) is 35.3 Å². The molecule has 1 N–H and O–H groups in total. The molecule has 0 aliphatic carbocycles. The van der Waals surface area contributed by atoms with Crippen LogP contribution in [0.5, 0.6) is 0 Å². The Labute approximate surface area is 175 Å². The van der Waals surface area contributed by atoms with E-state index in [2.05, 4.69) is 25.7 Å². The van der Waals surface area contributed by atoms with Crippen molar-refractivity contribution in [2.24, 2.45) is 0 Å². The standard InChI is InChI=1S/C22H17FN6O2/c1-13-20-15(12-17(25-22(20)31-28-13)14-6-2-3-7-16(14)23)21(30)24-10-9-19-27-26-18-8-4-5-11-29(18)19/h2-8,11-12H,9-10H2,1H3,(H,24,30). The number of halogens is 1. The van der Waals surface area contributed by atoms with Gasteiger partial charge in [-0.15, -0.1) is 10.2 Å². The maximum Gasteiger partial charge on any atom is 0.259 e. The quantitative estimate of drug-likeness (QED) is 0.472. The van der Waals surface area contributed by atoms with Crippen molar-refractivity contribution in [3.05, 3.63) is 77.6 Å².